The molecule has 0 radical (unpaired) electrons. The Balaban J connectivity index is 1.09. The van der Waals surface area contributed by atoms with Crippen LogP contribution in [0.25, 0.3) is 0 Å². The maximum absolute atomic E-state index is 12.6. The molecule has 6 bridgehead atoms. The van der Waals surface area contributed by atoms with Crippen molar-refractivity contribution in [2.75, 3.05) is 0 Å². The van der Waals surface area contributed by atoms with E-state index in [1.807, 2.05) is 55.0 Å². The summed E-state index contributed by atoms with van der Waals surface area (Å²) in [6.07, 6.45) is 7.58. The summed E-state index contributed by atoms with van der Waals surface area (Å²) in [4.78, 5) is 21.1. The molecule has 0 aliphatic carbocycles. The van der Waals surface area contributed by atoms with Crippen molar-refractivity contribution in [1.82, 2.24) is 29.7 Å². The van der Waals surface area contributed by atoms with Gasteiger partial charge in [-0.2, -0.15) is 0 Å². The van der Waals surface area contributed by atoms with E-state index in [9.17, 15) is 15.3 Å². The Hall–Kier alpha value is -7.95. The lowest BCUT2D eigenvalue weighted by Gasteiger charge is -2.29. The van der Waals surface area contributed by atoms with Crippen molar-refractivity contribution < 1.29 is 15.3 Å². The van der Waals surface area contributed by atoms with Gasteiger partial charge < -0.3 is 15.3 Å². The second kappa shape index (κ2) is 23.5. The number of rotatable bonds is 12. The van der Waals surface area contributed by atoms with Gasteiger partial charge in [0.2, 0.25) is 0 Å². The third-order valence-corrected chi connectivity index (χ3v) is 14.4. The number of benzene rings is 6. The number of nitrogens with zero attached hydrogens (tertiary/aromatic N) is 6. The normalized spacial score (nSPS) is 13.8. The summed E-state index contributed by atoms with van der Waals surface area (Å²) in [6.45, 7) is 10.5. The Morgan fingerprint density at radius 2 is 0.547 bits per heavy atom. The Kier molecular flexibility index (Phi) is 15.8. The number of phenolic OH excluding ortho intramolecular Hbond substituents is 3. The molecular weight excluding hydrogens is 925 g/mol. The molecule has 9 aromatic rings. The molecule has 4 heterocycles. The van der Waals surface area contributed by atoms with E-state index in [0.29, 0.717) is 78.2 Å². The van der Waals surface area contributed by atoms with Gasteiger partial charge in [-0.25, -0.2) is 0 Å². The van der Waals surface area contributed by atoms with Gasteiger partial charge >= 0.3 is 0 Å². The summed E-state index contributed by atoms with van der Waals surface area (Å²) < 4.78 is 0. The van der Waals surface area contributed by atoms with E-state index in [1.54, 1.807) is 0 Å². The molecule has 6 aromatic carbocycles. The minimum Gasteiger partial charge on any atom is -0.507 e. The molecule has 1 aliphatic rings. The molecule has 0 atom stereocenters. The highest BCUT2D eigenvalue weighted by Gasteiger charge is 2.24. The molecule has 9 heteroatoms. The van der Waals surface area contributed by atoms with E-state index >= 15 is 0 Å². The van der Waals surface area contributed by atoms with Crippen molar-refractivity contribution in [1.29, 1.82) is 0 Å². The predicted octanol–water partition coefficient (Wildman–Crippen LogP) is 12.6. The molecule has 9 nitrogen and oxygen atoms in total. The fourth-order valence-electron chi connectivity index (χ4n) is 10.9. The summed E-state index contributed by atoms with van der Waals surface area (Å²) in [5.41, 5.74) is 18.0. The molecule has 0 saturated heterocycles. The van der Waals surface area contributed by atoms with Crippen LogP contribution in [-0.4, -0.2) is 45.0 Å². The van der Waals surface area contributed by atoms with Crippen molar-refractivity contribution in [2.45, 2.75) is 98.9 Å². The van der Waals surface area contributed by atoms with Gasteiger partial charge in [-0.1, -0.05) is 144 Å². The summed E-state index contributed by atoms with van der Waals surface area (Å²) in [7, 11) is 0. The highest BCUT2D eigenvalue weighted by atomic mass is 16.3. The van der Waals surface area contributed by atoms with Gasteiger partial charge in [0, 0.05) is 147 Å². The second-order valence-corrected chi connectivity index (χ2v) is 20.5. The van der Waals surface area contributed by atoms with Crippen molar-refractivity contribution in [3.05, 3.63) is 283 Å². The number of aryl methyl sites for hydroxylation is 3. The first-order chi connectivity index (χ1) is 36.6. The molecule has 3 N–H and O–H groups in total. The second-order valence-electron chi connectivity index (χ2n) is 20.5. The zero-order valence-electron chi connectivity index (χ0n) is 43.3. The molecule has 10 rings (SSSR count). The molecule has 3 aromatic heterocycles. The fourth-order valence-corrected chi connectivity index (χ4v) is 10.9. The monoisotopic (exact) mass is 991 g/mol. The standard InChI is InChI=1S/C66H66N6O3/c1-46-28-55-40-70(37-52-19-7-4-16-49(52)34-61-22-10-13-25-67-61)42-57-30-47(2)32-59(65(57)74)44-72(39-54-21-9-6-18-51(54)36-63-24-12-15-27-69-63)45-60-33-48(3)31-58(66(60)75)43-71(41-56(29-46)64(55)73)38-53-20-8-5-17-50(53)35-62-23-11-14-26-68-62/h4-33,73-75H,34-45H2,1-3H3. The molecule has 0 unspecified atom stereocenters. The molecule has 378 valence electrons. The molecule has 0 amide bonds. The first-order valence-electron chi connectivity index (χ1n) is 26.1. The van der Waals surface area contributed by atoms with E-state index < -0.39 is 0 Å². The van der Waals surface area contributed by atoms with Crippen molar-refractivity contribution in [3.8, 4) is 17.2 Å². The smallest absolute Gasteiger partial charge is 0.124 e. The van der Waals surface area contributed by atoms with Crippen LogP contribution in [0.2, 0.25) is 0 Å². The Labute approximate surface area is 442 Å². The van der Waals surface area contributed by atoms with Crippen LogP contribution in [0.5, 0.6) is 17.2 Å². The van der Waals surface area contributed by atoms with E-state index in [4.69, 9.17) is 0 Å². The maximum Gasteiger partial charge on any atom is 0.124 e. The number of aromatic nitrogens is 3. The number of hydrogen-bond acceptors (Lipinski definition) is 9. The predicted molar refractivity (Wildman–Crippen MR) is 298 cm³/mol. The van der Waals surface area contributed by atoms with Gasteiger partial charge in [0.25, 0.3) is 0 Å². The van der Waals surface area contributed by atoms with Crippen LogP contribution in [0.3, 0.4) is 0 Å². The number of phenols is 3. The summed E-state index contributed by atoms with van der Waals surface area (Å²) >= 11 is 0. The SMILES string of the molecule is Cc1cc2c(O)c(c1)CN(Cc1ccccc1Cc1ccccn1)Cc1cc(C)cc(c1O)CN(Cc1ccccc1Cc1ccccn1)Cc1cc(C)cc(c1O)CN(Cc1ccccc1Cc1ccccn1)C2. The zero-order valence-corrected chi connectivity index (χ0v) is 43.3. The van der Waals surface area contributed by atoms with Gasteiger partial charge in [0.15, 0.2) is 0 Å². The lowest BCUT2D eigenvalue weighted by molar-refractivity contribution is 0.226. The summed E-state index contributed by atoms with van der Waals surface area (Å²) in [5.74, 6) is 0.757. The van der Waals surface area contributed by atoms with Crippen LogP contribution in [0.15, 0.2) is 182 Å². The summed E-state index contributed by atoms with van der Waals surface area (Å²) in [5, 5.41) is 37.7. The topological polar surface area (TPSA) is 109 Å². The van der Waals surface area contributed by atoms with Gasteiger partial charge in [-0.15, -0.1) is 0 Å². The Bertz CT molecular complexity index is 2950. The molecule has 1 aliphatic heterocycles. The number of pyridine rings is 3. The van der Waals surface area contributed by atoms with Crippen LogP contribution >= 0.6 is 0 Å². The average molecular weight is 991 g/mol. The van der Waals surface area contributed by atoms with Gasteiger partial charge in [-0.3, -0.25) is 29.7 Å². The summed E-state index contributed by atoms with van der Waals surface area (Å²) in [6, 6.07) is 56.3. The van der Waals surface area contributed by atoms with E-state index in [-0.39, 0.29) is 17.2 Å². The quantitative estimate of drug-likeness (QED) is 0.110. The van der Waals surface area contributed by atoms with E-state index in [2.05, 4.69) is 178 Å². The zero-order chi connectivity index (χ0) is 51.7. The first-order valence-corrected chi connectivity index (χ1v) is 26.1. The number of aromatic hydroxyl groups is 3. The molecule has 0 saturated carbocycles. The van der Waals surface area contributed by atoms with Crippen LogP contribution in [0.1, 0.15) is 101 Å². The van der Waals surface area contributed by atoms with Crippen LogP contribution in [0.4, 0.5) is 0 Å². The van der Waals surface area contributed by atoms with Crippen molar-refractivity contribution >= 4 is 0 Å². The third-order valence-electron chi connectivity index (χ3n) is 14.4. The third kappa shape index (κ3) is 12.9. The lowest BCUT2D eigenvalue weighted by atomic mass is 9.97. The van der Waals surface area contributed by atoms with E-state index in [0.717, 1.165) is 83.8 Å². The lowest BCUT2D eigenvalue weighted by Crippen LogP contribution is -2.26. The highest BCUT2D eigenvalue weighted by molar-refractivity contribution is 5.48. The molecular formula is C66H66N6O3. The number of fused-ring (bicyclic) bond motifs is 6. The van der Waals surface area contributed by atoms with E-state index in [1.165, 1.54) is 16.7 Å². The molecule has 75 heavy (non-hydrogen) atoms. The fraction of sp³-hybridized carbons (Fsp3) is 0.227. The largest absolute Gasteiger partial charge is 0.507 e. The van der Waals surface area contributed by atoms with Crippen LogP contribution < -0.4 is 0 Å². The first kappa shape index (κ1) is 50.6. The average Bonchev–Trinajstić information content (AvgIpc) is 3.40. The highest BCUT2D eigenvalue weighted by Crippen LogP contribution is 2.36. The Morgan fingerprint density at radius 3 is 0.773 bits per heavy atom. The van der Waals surface area contributed by atoms with Crippen LogP contribution in [0, 0.1) is 20.8 Å². The maximum atomic E-state index is 12.6. The van der Waals surface area contributed by atoms with Crippen LogP contribution in [-0.2, 0) is 78.2 Å². The molecule has 0 spiro atoms. The molecule has 0 fully saturated rings. The minimum atomic E-state index is 0.252. The van der Waals surface area contributed by atoms with Gasteiger partial charge in [-0.05, 0) is 90.6 Å². The minimum absolute atomic E-state index is 0.252. The number of hydrogen-bond donors (Lipinski definition) is 3. The van der Waals surface area contributed by atoms with Crippen molar-refractivity contribution in [3.63, 3.8) is 0 Å². The van der Waals surface area contributed by atoms with Gasteiger partial charge in [0.1, 0.15) is 17.2 Å². The Morgan fingerprint density at radius 1 is 0.320 bits per heavy atom. The van der Waals surface area contributed by atoms with Crippen molar-refractivity contribution in [2.24, 2.45) is 0 Å². The van der Waals surface area contributed by atoms with Gasteiger partial charge in [0.05, 0.1) is 0 Å².